The van der Waals surface area contributed by atoms with Crippen LogP contribution in [0.15, 0.2) is 296 Å². The summed E-state index contributed by atoms with van der Waals surface area (Å²) < 4.78 is 9.32. The molecule has 0 radical (unpaired) electrons. The highest BCUT2D eigenvalue weighted by molar-refractivity contribution is 7.00. The third-order valence-corrected chi connectivity index (χ3v) is 21.6. The minimum Gasteiger partial charge on any atom is -0.456 e. The molecule has 0 aliphatic carbocycles. The maximum absolute atomic E-state index is 6.78. The van der Waals surface area contributed by atoms with Crippen molar-refractivity contribution >= 4 is 166 Å². The van der Waals surface area contributed by atoms with E-state index >= 15 is 0 Å². The lowest BCUT2D eigenvalue weighted by Crippen LogP contribution is -2.61. The predicted octanol–water partition coefficient (Wildman–Crippen LogP) is 23.6. The van der Waals surface area contributed by atoms with Crippen molar-refractivity contribution in [3.63, 3.8) is 0 Å². The van der Waals surface area contributed by atoms with Gasteiger partial charge in [0.1, 0.15) is 11.2 Å². The molecule has 2 aliphatic rings. The van der Waals surface area contributed by atoms with Crippen LogP contribution in [0, 0.1) is 0 Å². The van der Waals surface area contributed by atoms with Gasteiger partial charge in [0, 0.05) is 61.4 Å². The second-order valence-corrected chi connectivity index (χ2v) is 29.2. The van der Waals surface area contributed by atoms with Crippen molar-refractivity contribution in [2.24, 2.45) is 0 Å². The first-order valence-corrected chi connectivity index (χ1v) is 34.2. The minimum absolute atomic E-state index is 0.0409. The lowest BCUT2D eigenvalue weighted by Gasteiger charge is -2.45. The average molecular weight is 1240 g/mol. The highest BCUT2D eigenvalue weighted by Gasteiger charge is 2.44. The van der Waals surface area contributed by atoms with E-state index in [4.69, 9.17) is 4.42 Å². The summed E-state index contributed by atoms with van der Waals surface area (Å²) in [4.78, 5) is 5.23. The first kappa shape index (κ1) is 55.8. The maximum Gasteiger partial charge on any atom is 0.252 e. The Hall–Kier alpha value is -11.7. The highest BCUT2D eigenvalue weighted by atomic mass is 16.3. The summed E-state index contributed by atoms with van der Waals surface area (Å²) >= 11 is 0. The standard InChI is InChI=1S/C92H66BN3O/c1-91(2,3)59-34-44-82-78(50-59)79-51-60(92(4,5)6)35-45-83(79)94(82)63-38-42-80-85(54-63)96(62-37-41-73-69-27-13-11-23-65(69)67-25-15-17-29-71(67)77(73)53-62)87-48-58(57-32-39-75-74-30-18-19-31-88(74)97-89(75)49-57)47-86-90(87)93(80)81-46-56(55-20-8-7-9-21-55)33-43-84(81)95(86)61-36-40-72-68-26-12-10-22-64(68)66-24-14-16-28-70(66)76(72)52-61/h7-54H,1-6H3. The second kappa shape index (κ2) is 20.4. The van der Waals surface area contributed by atoms with Gasteiger partial charge in [0.15, 0.2) is 0 Å². The van der Waals surface area contributed by atoms with Crippen molar-refractivity contribution in [3.8, 4) is 27.9 Å². The number of hydrogen-bond acceptors (Lipinski definition) is 3. The Kier molecular flexibility index (Phi) is 11.7. The molecule has 2 aliphatic heterocycles. The van der Waals surface area contributed by atoms with Crippen LogP contribution in [0.2, 0.25) is 0 Å². The fourth-order valence-electron chi connectivity index (χ4n) is 16.9. The normalized spacial score (nSPS) is 13.2. The van der Waals surface area contributed by atoms with E-state index in [9.17, 15) is 0 Å². The lowest BCUT2D eigenvalue weighted by atomic mass is 9.33. The van der Waals surface area contributed by atoms with Crippen molar-refractivity contribution in [3.05, 3.63) is 302 Å². The van der Waals surface area contributed by atoms with E-state index in [0.717, 1.165) is 72.9 Å². The van der Waals surface area contributed by atoms with Gasteiger partial charge in [0.2, 0.25) is 0 Å². The fraction of sp³-hybridized carbons (Fsp3) is 0.0870. The van der Waals surface area contributed by atoms with E-state index in [1.807, 2.05) is 0 Å². The first-order valence-electron chi connectivity index (χ1n) is 34.2. The van der Waals surface area contributed by atoms with Crippen LogP contribution >= 0.6 is 0 Å². The van der Waals surface area contributed by atoms with E-state index < -0.39 is 0 Å². The number of rotatable bonds is 5. The predicted molar refractivity (Wildman–Crippen MR) is 415 cm³/mol. The fourth-order valence-corrected chi connectivity index (χ4v) is 16.9. The zero-order valence-electron chi connectivity index (χ0n) is 55.0. The molecule has 20 rings (SSSR count). The molecule has 97 heavy (non-hydrogen) atoms. The summed E-state index contributed by atoms with van der Waals surface area (Å²) in [6.45, 7) is 13.8. The van der Waals surface area contributed by atoms with E-state index in [1.54, 1.807) is 0 Å². The Bertz CT molecular complexity index is 6290. The molecule has 0 atom stereocenters. The van der Waals surface area contributed by atoms with Crippen molar-refractivity contribution in [2.75, 3.05) is 9.80 Å². The minimum atomic E-state index is -0.190. The molecule has 4 heterocycles. The smallest absolute Gasteiger partial charge is 0.252 e. The van der Waals surface area contributed by atoms with E-state index in [0.29, 0.717) is 0 Å². The molecule has 2 aromatic heterocycles. The van der Waals surface area contributed by atoms with Crippen LogP contribution in [0.25, 0.3) is 136 Å². The van der Waals surface area contributed by atoms with Gasteiger partial charge in [0.25, 0.3) is 6.71 Å². The van der Waals surface area contributed by atoms with Gasteiger partial charge < -0.3 is 18.8 Å². The molecule has 0 amide bonds. The molecule has 16 aromatic carbocycles. The van der Waals surface area contributed by atoms with Gasteiger partial charge in [-0.15, -0.1) is 0 Å². The molecule has 458 valence electrons. The third-order valence-electron chi connectivity index (χ3n) is 21.6. The van der Waals surface area contributed by atoms with Crippen molar-refractivity contribution in [1.29, 1.82) is 0 Å². The first-order chi connectivity index (χ1) is 47.4. The average Bonchev–Trinajstić information content (AvgIpc) is 1.10. The number of hydrogen-bond donors (Lipinski definition) is 0. The quantitative estimate of drug-likeness (QED) is 0.127. The summed E-state index contributed by atoms with van der Waals surface area (Å²) in [5.41, 5.74) is 22.8. The summed E-state index contributed by atoms with van der Waals surface area (Å²) in [6.07, 6.45) is 0. The molecule has 0 spiro atoms. The zero-order valence-corrected chi connectivity index (χ0v) is 55.0. The van der Waals surface area contributed by atoms with Crippen LogP contribution in [-0.2, 0) is 10.8 Å². The zero-order chi connectivity index (χ0) is 64.7. The Labute approximate surface area is 563 Å². The number of furan rings is 1. The van der Waals surface area contributed by atoms with Crippen molar-refractivity contribution in [1.82, 2.24) is 4.57 Å². The maximum atomic E-state index is 6.78. The van der Waals surface area contributed by atoms with Gasteiger partial charge >= 0.3 is 0 Å². The summed E-state index contributed by atoms with van der Waals surface area (Å²) in [7, 11) is 0. The monoisotopic (exact) mass is 1240 g/mol. The third kappa shape index (κ3) is 8.31. The molecular formula is C92H66BN3O. The Morgan fingerprint density at radius 1 is 0.258 bits per heavy atom. The summed E-state index contributed by atoms with van der Waals surface area (Å²) in [5.74, 6) is 0. The Morgan fingerprint density at radius 3 is 1.23 bits per heavy atom. The molecule has 4 nitrogen and oxygen atoms in total. The summed E-state index contributed by atoms with van der Waals surface area (Å²) in [6, 6.07) is 111. The number of nitrogens with zero attached hydrogens (tertiary/aromatic N) is 3. The van der Waals surface area contributed by atoms with Gasteiger partial charge in [-0.2, -0.15) is 0 Å². The van der Waals surface area contributed by atoms with Gasteiger partial charge in [0.05, 0.1) is 11.0 Å². The highest BCUT2D eigenvalue weighted by Crippen LogP contribution is 2.51. The van der Waals surface area contributed by atoms with Crippen LogP contribution < -0.4 is 26.2 Å². The molecule has 0 bridgehead atoms. The topological polar surface area (TPSA) is 24.6 Å². The lowest BCUT2D eigenvalue weighted by molar-refractivity contribution is 0.590. The van der Waals surface area contributed by atoms with Crippen molar-refractivity contribution in [2.45, 2.75) is 52.4 Å². The molecule has 0 unspecified atom stereocenters. The Morgan fingerprint density at radius 2 is 0.691 bits per heavy atom. The van der Waals surface area contributed by atoms with E-state index in [1.165, 1.54) is 125 Å². The number of para-hydroxylation sites is 1. The number of aromatic nitrogens is 1. The molecule has 0 fully saturated rings. The molecule has 0 N–H and O–H groups in total. The van der Waals surface area contributed by atoms with E-state index in [2.05, 4.69) is 347 Å². The van der Waals surface area contributed by atoms with Crippen molar-refractivity contribution < 1.29 is 4.42 Å². The van der Waals surface area contributed by atoms with Crippen LogP contribution in [0.3, 0.4) is 0 Å². The van der Waals surface area contributed by atoms with Crippen LogP contribution in [0.4, 0.5) is 34.1 Å². The van der Waals surface area contributed by atoms with Crippen LogP contribution in [-0.4, -0.2) is 11.3 Å². The second-order valence-electron chi connectivity index (χ2n) is 29.2. The summed E-state index contributed by atoms with van der Waals surface area (Å²) in [5, 5.41) is 19.7. The SMILES string of the molecule is CC(C)(C)c1ccc2c(c1)c1cc(C(C)(C)C)ccc1n2-c1ccc2c(c1)N(c1ccc3c4ccccc4c4ccccc4c3c1)c1cc(-c3ccc4c(c3)oc3ccccc34)cc3c1B2c1cc(-c2ccccc2)ccc1N3c1ccc2c3ccccc3c3ccccc3c2c1. The van der Waals surface area contributed by atoms with Crippen LogP contribution in [0.1, 0.15) is 52.7 Å². The van der Waals surface area contributed by atoms with E-state index in [-0.39, 0.29) is 17.5 Å². The largest absolute Gasteiger partial charge is 0.456 e. The van der Waals surface area contributed by atoms with Crippen LogP contribution in [0.5, 0.6) is 0 Å². The molecule has 5 heteroatoms. The van der Waals surface area contributed by atoms with Gasteiger partial charge in [-0.1, -0.05) is 236 Å². The molecule has 18 aromatic rings. The Balaban J connectivity index is 0.922. The molecular weight excluding hydrogens is 1170 g/mol. The number of benzene rings is 16. The molecule has 0 saturated carbocycles. The van der Waals surface area contributed by atoms with Gasteiger partial charge in [-0.25, -0.2) is 0 Å². The number of anilines is 6. The molecule has 0 saturated heterocycles. The van der Waals surface area contributed by atoms with Gasteiger partial charge in [-0.05, 0) is 222 Å². The number of fused-ring (bicyclic) bond motifs is 22. The van der Waals surface area contributed by atoms with Gasteiger partial charge in [-0.3, -0.25) is 0 Å².